The fraction of sp³-hybridized carbons (Fsp3) is 0.0588. The number of hydrogen-bond acceptors (Lipinski definition) is 2. The molecule has 2 aromatic rings. The van der Waals surface area contributed by atoms with Crippen LogP contribution in [0.3, 0.4) is 0 Å². The minimum absolute atomic E-state index is 0.203. The second-order valence-corrected chi connectivity index (χ2v) is 4.80. The molecular formula is C17H14N2O2. The molecule has 0 saturated carbocycles. The van der Waals surface area contributed by atoms with E-state index in [0.29, 0.717) is 16.9 Å². The van der Waals surface area contributed by atoms with Crippen LogP contribution in [0.15, 0.2) is 60.3 Å². The van der Waals surface area contributed by atoms with Crippen LogP contribution in [0.4, 0.5) is 5.69 Å². The van der Waals surface area contributed by atoms with Gasteiger partial charge in [0.25, 0.3) is 11.8 Å². The number of hydrogen-bond donors (Lipinski definition) is 1. The molecule has 2 aromatic carbocycles. The molecule has 0 saturated heterocycles. The van der Waals surface area contributed by atoms with E-state index in [9.17, 15) is 9.59 Å². The minimum atomic E-state index is -0.292. The van der Waals surface area contributed by atoms with Gasteiger partial charge in [-0.15, -0.1) is 0 Å². The molecule has 0 unspecified atom stereocenters. The third-order valence-corrected chi connectivity index (χ3v) is 3.41. The first-order valence-electron chi connectivity index (χ1n) is 6.62. The Hall–Kier alpha value is -2.88. The van der Waals surface area contributed by atoms with E-state index in [1.54, 1.807) is 37.4 Å². The minimum Gasteiger partial charge on any atom is -0.320 e. The number of nitrogens with zero attached hydrogens (tertiary/aromatic N) is 1. The van der Waals surface area contributed by atoms with Crippen LogP contribution >= 0.6 is 0 Å². The first kappa shape index (κ1) is 13.1. The van der Waals surface area contributed by atoms with Gasteiger partial charge < -0.3 is 10.2 Å². The van der Waals surface area contributed by atoms with Crippen molar-refractivity contribution in [1.82, 2.24) is 4.90 Å². The van der Waals surface area contributed by atoms with E-state index in [1.807, 2.05) is 30.3 Å². The van der Waals surface area contributed by atoms with E-state index in [1.165, 1.54) is 4.90 Å². The lowest BCUT2D eigenvalue weighted by atomic mass is 10.1. The van der Waals surface area contributed by atoms with Gasteiger partial charge in [-0.1, -0.05) is 42.5 Å². The molecule has 0 radical (unpaired) electrons. The molecule has 0 aromatic heterocycles. The third kappa shape index (κ3) is 2.43. The quantitative estimate of drug-likeness (QED) is 0.815. The zero-order valence-electron chi connectivity index (χ0n) is 11.5. The van der Waals surface area contributed by atoms with Crippen LogP contribution in [0.2, 0.25) is 0 Å². The fourth-order valence-corrected chi connectivity index (χ4v) is 2.28. The Kier molecular flexibility index (Phi) is 3.28. The van der Waals surface area contributed by atoms with Gasteiger partial charge in [-0.05, 0) is 23.8 Å². The molecule has 0 spiro atoms. The van der Waals surface area contributed by atoms with E-state index in [4.69, 9.17) is 0 Å². The number of anilines is 1. The first-order chi connectivity index (χ1) is 10.2. The van der Waals surface area contributed by atoms with Gasteiger partial charge in [-0.2, -0.15) is 0 Å². The summed E-state index contributed by atoms with van der Waals surface area (Å²) < 4.78 is 0. The molecule has 1 heterocycles. The Morgan fingerprint density at radius 3 is 2.38 bits per heavy atom. The number of fused-ring (bicyclic) bond motifs is 1. The predicted octanol–water partition coefficient (Wildman–Crippen LogP) is 2.75. The van der Waals surface area contributed by atoms with E-state index in [0.717, 1.165) is 5.56 Å². The maximum Gasteiger partial charge on any atom is 0.272 e. The van der Waals surface area contributed by atoms with Crippen molar-refractivity contribution in [3.8, 4) is 0 Å². The lowest BCUT2D eigenvalue weighted by Crippen LogP contribution is -2.29. The molecule has 4 nitrogen and oxygen atoms in total. The van der Waals surface area contributed by atoms with Crippen LogP contribution in [0, 0.1) is 0 Å². The summed E-state index contributed by atoms with van der Waals surface area (Å²) in [6.07, 6.45) is 1.71. The highest BCUT2D eigenvalue weighted by atomic mass is 16.2. The number of likely N-dealkylation sites (N-methyl/N-ethyl adjacent to an activating group) is 1. The molecule has 4 heteroatoms. The second-order valence-electron chi connectivity index (χ2n) is 4.80. The highest BCUT2D eigenvalue weighted by molar-refractivity contribution is 6.16. The van der Waals surface area contributed by atoms with Crippen LogP contribution in [-0.4, -0.2) is 23.8 Å². The van der Waals surface area contributed by atoms with Gasteiger partial charge in [0.15, 0.2) is 0 Å². The monoisotopic (exact) mass is 278 g/mol. The summed E-state index contributed by atoms with van der Waals surface area (Å²) in [5, 5.41) is 2.78. The zero-order valence-corrected chi connectivity index (χ0v) is 11.5. The van der Waals surface area contributed by atoms with Crippen LogP contribution in [0.5, 0.6) is 0 Å². The summed E-state index contributed by atoms with van der Waals surface area (Å²) in [4.78, 5) is 26.2. The molecule has 0 fully saturated rings. The van der Waals surface area contributed by atoms with Gasteiger partial charge in [0.05, 0.1) is 11.3 Å². The zero-order chi connectivity index (χ0) is 14.8. The van der Waals surface area contributed by atoms with Gasteiger partial charge >= 0.3 is 0 Å². The topological polar surface area (TPSA) is 49.4 Å². The number of para-hydroxylation sites is 1. The Labute approximate surface area is 122 Å². The SMILES string of the molecule is CN1C(=O)c2ccccc2NC(=O)C1=Cc1ccccc1. The molecule has 1 aliphatic heterocycles. The van der Waals surface area contributed by atoms with Gasteiger partial charge in [-0.3, -0.25) is 9.59 Å². The number of benzene rings is 2. The van der Waals surface area contributed by atoms with Gasteiger partial charge in [0, 0.05) is 7.05 Å². The molecule has 3 rings (SSSR count). The van der Waals surface area contributed by atoms with Gasteiger partial charge in [0.2, 0.25) is 0 Å². The van der Waals surface area contributed by atoms with Crippen LogP contribution in [0.1, 0.15) is 15.9 Å². The van der Waals surface area contributed by atoms with Crippen molar-refractivity contribution in [2.75, 3.05) is 12.4 Å². The van der Waals surface area contributed by atoms with E-state index in [-0.39, 0.29) is 11.8 Å². The molecule has 0 aliphatic carbocycles. The highest BCUT2D eigenvalue weighted by Crippen LogP contribution is 2.24. The average molecular weight is 278 g/mol. The fourth-order valence-electron chi connectivity index (χ4n) is 2.28. The van der Waals surface area contributed by atoms with Crippen LogP contribution in [-0.2, 0) is 4.79 Å². The first-order valence-corrected chi connectivity index (χ1v) is 6.62. The number of nitrogens with one attached hydrogen (secondary N) is 1. The Morgan fingerprint density at radius 1 is 0.952 bits per heavy atom. The van der Waals surface area contributed by atoms with Crippen molar-refractivity contribution >= 4 is 23.6 Å². The van der Waals surface area contributed by atoms with E-state index in [2.05, 4.69) is 5.32 Å². The van der Waals surface area contributed by atoms with Crippen molar-refractivity contribution in [3.05, 3.63) is 71.4 Å². The summed E-state index contributed by atoms with van der Waals surface area (Å²) in [5.74, 6) is -0.495. The average Bonchev–Trinajstić information content (AvgIpc) is 2.60. The smallest absolute Gasteiger partial charge is 0.272 e. The number of carbonyl (C=O) groups is 2. The van der Waals surface area contributed by atoms with Crippen LogP contribution < -0.4 is 5.32 Å². The summed E-state index contributed by atoms with van der Waals surface area (Å²) in [7, 11) is 1.61. The third-order valence-electron chi connectivity index (χ3n) is 3.41. The Morgan fingerprint density at radius 2 is 1.62 bits per heavy atom. The molecule has 1 aliphatic rings. The van der Waals surface area contributed by atoms with Crippen molar-refractivity contribution in [1.29, 1.82) is 0 Å². The molecule has 21 heavy (non-hydrogen) atoms. The number of rotatable bonds is 1. The number of amides is 2. The van der Waals surface area contributed by atoms with Gasteiger partial charge in [-0.25, -0.2) is 0 Å². The van der Waals surface area contributed by atoms with Crippen molar-refractivity contribution in [3.63, 3.8) is 0 Å². The van der Waals surface area contributed by atoms with Gasteiger partial charge in [0.1, 0.15) is 5.70 Å². The maximum atomic E-state index is 12.5. The molecule has 2 amide bonds. The van der Waals surface area contributed by atoms with Crippen molar-refractivity contribution < 1.29 is 9.59 Å². The van der Waals surface area contributed by atoms with E-state index < -0.39 is 0 Å². The maximum absolute atomic E-state index is 12.5. The predicted molar refractivity (Wildman–Crippen MR) is 81.6 cm³/mol. The lowest BCUT2D eigenvalue weighted by Gasteiger charge is -2.16. The normalized spacial score (nSPS) is 16.4. The summed E-state index contributed by atoms with van der Waals surface area (Å²) in [5.41, 5.74) is 2.22. The Balaban J connectivity index is 2.07. The lowest BCUT2D eigenvalue weighted by molar-refractivity contribution is -0.113. The molecular weight excluding hydrogens is 264 g/mol. The summed E-state index contributed by atoms with van der Waals surface area (Å²) in [6, 6.07) is 16.5. The Bertz CT molecular complexity index is 735. The highest BCUT2D eigenvalue weighted by Gasteiger charge is 2.27. The molecule has 0 atom stereocenters. The number of carbonyl (C=O) groups excluding carboxylic acids is 2. The standard InChI is InChI=1S/C17H14N2O2/c1-19-15(11-12-7-3-2-4-8-12)16(20)18-14-10-6-5-9-13(14)17(19)21/h2-11H,1H3,(H,18,20). The van der Waals surface area contributed by atoms with Crippen molar-refractivity contribution in [2.45, 2.75) is 0 Å². The molecule has 1 N–H and O–H groups in total. The molecule has 0 bridgehead atoms. The second kappa shape index (κ2) is 5.25. The molecule has 104 valence electrons. The summed E-state index contributed by atoms with van der Waals surface area (Å²) in [6.45, 7) is 0. The largest absolute Gasteiger partial charge is 0.320 e. The van der Waals surface area contributed by atoms with E-state index >= 15 is 0 Å². The van der Waals surface area contributed by atoms with Crippen LogP contribution in [0.25, 0.3) is 6.08 Å². The summed E-state index contributed by atoms with van der Waals surface area (Å²) >= 11 is 0. The van der Waals surface area contributed by atoms with Crippen molar-refractivity contribution in [2.24, 2.45) is 0 Å².